The second kappa shape index (κ2) is 15.9. The van der Waals surface area contributed by atoms with Crippen molar-refractivity contribution in [1.82, 2.24) is 16.0 Å². The summed E-state index contributed by atoms with van der Waals surface area (Å²) in [4.78, 5) is 38.9. The third-order valence-electron chi connectivity index (χ3n) is 11.8. The SMILES string of the molecule is COc1c(CC(NC(=O)CC2CCC(CNCCNC(=O)OC(C)(C)C)CC2)B2OC3CC4CC(C4(C)C)C3(C)O2)cccc1C(=O)OC(C)(C)C. The number of esters is 1. The van der Waals surface area contributed by atoms with E-state index in [4.69, 9.17) is 23.5 Å². The van der Waals surface area contributed by atoms with Gasteiger partial charge in [0.1, 0.15) is 22.5 Å². The number of rotatable bonds is 13. The molecule has 11 nitrogen and oxygen atoms in total. The summed E-state index contributed by atoms with van der Waals surface area (Å²) < 4.78 is 30.4. The highest BCUT2D eigenvalue weighted by Crippen LogP contribution is 2.65. The molecule has 1 heterocycles. The Morgan fingerprint density at radius 2 is 1.62 bits per heavy atom. The fourth-order valence-corrected chi connectivity index (χ4v) is 9.04. The van der Waals surface area contributed by atoms with Gasteiger partial charge in [0.2, 0.25) is 5.91 Å². The zero-order chi connectivity index (χ0) is 38.1. The van der Waals surface area contributed by atoms with Gasteiger partial charge < -0.3 is 39.5 Å². The van der Waals surface area contributed by atoms with Gasteiger partial charge in [-0.25, -0.2) is 9.59 Å². The van der Waals surface area contributed by atoms with Crippen LogP contribution < -0.4 is 20.7 Å². The van der Waals surface area contributed by atoms with Crippen LogP contribution in [0.2, 0.25) is 0 Å². The predicted octanol–water partition coefficient (Wildman–Crippen LogP) is 6.26. The van der Waals surface area contributed by atoms with Crippen molar-refractivity contribution in [1.29, 1.82) is 0 Å². The Kier molecular flexibility index (Phi) is 12.3. The molecule has 0 radical (unpaired) electrons. The summed E-state index contributed by atoms with van der Waals surface area (Å²) >= 11 is 0. The molecule has 3 N–H and O–H groups in total. The average Bonchev–Trinajstić information content (AvgIpc) is 3.40. The molecule has 52 heavy (non-hydrogen) atoms. The molecule has 1 saturated heterocycles. The molecule has 2 amide bonds. The van der Waals surface area contributed by atoms with Crippen LogP contribution >= 0.6 is 0 Å². The summed E-state index contributed by atoms with van der Waals surface area (Å²) in [5.74, 6) is 1.33. The van der Waals surface area contributed by atoms with Crippen LogP contribution in [0.4, 0.5) is 4.79 Å². The van der Waals surface area contributed by atoms with Crippen molar-refractivity contribution in [3.8, 4) is 5.75 Å². The van der Waals surface area contributed by atoms with Crippen LogP contribution in [-0.2, 0) is 30.0 Å². The van der Waals surface area contributed by atoms with E-state index in [1.165, 1.54) is 0 Å². The topological polar surface area (TPSA) is 133 Å². The zero-order valence-electron chi connectivity index (χ0n) is 33.3. The first-order valence-electron chi connectivity index (χ1n) is 19.5. The Hall–Kier alpha value is -2.83. The third kappa shape index (κ3) is 9.63. The molecule has 5 fully saturated rings. The molecule has 12 heteroatoms. The van der Waals surface area contributed by atoms with Gasteiger partial charge in [0.15, 0.2) is 0 Å². The molecule has 1 aromatic rings. The second-order valence-corrected chi connectivity index (χ2v) is 18.4. The van der Waals surface area contributed by atoms with Gasteiger partial charge in [0.05, 0.1) is 24.8 Å². The van der Waals surface area contributed by atoms with Gasteiger partial charge in [-0.3, -0.25) is 4.79 Å². The summed E-state index contributed by atoms with van der Waals surface area (Å²) in [6.07, 6.45) is 6.55. The molecule has 1 aromatic carbocycles. The van der Waals surface area contributed by atoms with Gasteiger partial charge in [0.25, 0.3) is 0 Å². The second-order valence-electron chi connectivity index (χ2n) is 18.4. The maximum absolute atomic E-state index is 13.8. The van der Waals surface area contributed by atoms with E-state index in [9.17, 15) is 14.4 Å². The third-order valence-corrected chi connectivity index (χ3v) is 11.8. The smallest absolute Gasteiger partial charge is 0.482 e. The van der Waals surface area contributed by atoms with E-state index in [0.717, 1.165) is 50.6 Å². The number of benzene rings is 1. The van der Waals surface area contributed by atoms with E-state index in [0.29, 0.717) is 60.9 Å². The minimum absolute atomic E-state index is 0.0149. The lowest BCUT2D eigenvalue weighted by Gasteiger charge is -2.64. The first kappa shape index (κ1) is 40.4. The molecular formula is C40H64BN3O8. The lowest BCUT2D eigenvalue weighted by atomic mass is 9.43. The molecule has 4 aliphatic carbocycles. The Labute approximate surface area is 311 Å². The van der Waals surface area contributed by atoms with E-state index in [1.54, 1.807) is 13.2 Å². The van der Waals surface area contributed by atoms with Crippen LogP contribution in [0.25, 0.3) is 0 Å². The van der Waals surface area contributed by atoms with Crippen molar-refractivity contribution in [2.24, 2.45) is 29.1 Å². The highest BCUT2D eigenvalue weighted by atomic mass is 16.7. The Morgan fingerprint density at radius 1 is 0.942 bits per heavy atom. The zero-order valence-corrected chi connectivity index (χ0v) is 33.3. The number of nitrogens with one attached hydrogen (secondary N) is 3. The molecule has 5 atom stereocenters. The maximum Gasteiger partial charge on any atom is 0.482 e. The van der Waals surface area contributed by atoms with E-state index < -0.39 is 41.9 Å². The van der Waals surface area contributed by atoms with Crippen molar-refractivity contribution >= 4 is 25.1 Å². The van der Waals surface area contributed by atoms with E-state index >= 15 is 0 Å². The summed E-state index contributed by atoms with van der Waals surface area (Å²) in [5, 5.41) is 9.58. The van der Waals surface area contributed by atoms with Crippen molar-refractivity contribution in [2.45, 2.75) is 143 Å². The highest BCUT2D eigenvalue weighted by molar-refractivity contribution is 6.48. The average molecular weight is 726 g/mol. The fraction of sp³-hybridized carbons (Fsp3) is 0.775. The Morgan fingerprint density at radius 3 is 2.25 bits per heavy atom. The van der Waals surface area contributed by atoms with Crippen molar-refractivity contribution in [3.05, 3.63) is 29.3 Å². The summed E-state index contributed by atoms with van der Waals surface area (Å²) in [5.41, 5.74) is -0.269. The lowest BCUT2D eigenvalue weighted by molar-refractivity contribution is -0.199. The first-order chi connectivity index (χ1) is 24.3. The summed E-state index contributed by atoms with van der Waals surface area (Å²) in [6, 6.07) is 5.47. The number of amides is 2. The largest absolute Gasteiger partial charge is 0.496 e. The van der Waals surface area contributed by atoms with Crippen molar-refractivity contribution in [2.75, 3.05) is 26.7 Å². The minimum Gasteiger partial charge on any atom is -0.496 e. The quantitative estimate of drug-likeness (QED) is 0.123. The molecule has 5 aliphatic rings. The van der Waals surface area contributed by atoms with Gasteiger partial charge >= 0.3 is 19.2 Å². The fourth-order valence-electron chi connectivity index (χ4n) is 9.04. The van der Waals surface area contributed by atoms with Gasteiger partial charge in [-0.2, -0.15) is 0 Å². The van der Waals surface area contributed by atoms with Crippen LogP contribution in [0.1, 0.15) is 123 Å². The van der Waals surface area contributed by atoms with Gasteiger partial charge in [-0.05, 0) is 141 Å². The van der Waals surface area contributed by atoms with E-state index in [-0.39, 0.29) is 17.4 Å². The molecule has 2 bridgehead atoms. The highest BCUT2D eigenvalue weighted by Gasteiger charge is 2.68. The molecular weight excluding hydrogens is 661 g/mol. The van der Waals surface area contributed by atoms with Gasteiger partial charge in [0, 0.05) is 19.5 Å². The monoisotopic (exact) mass is 725 g/mol. The number of carbonyl (C=O) groups is 3. The van der Waals surface area contributed by atoms with Crippen LogP contribution in [-0.4, -0.2) is 80.7 Å². The van der Waals surface area contributed by atoms with Crippen molar-refractivity contribution in [3.63, 3.8) is 0 Å². The predicted molar refractivity (Wildman–Crippen MR) is 201 cm³/mol. The molecule has 0 aromatic heterocycles. The normalized spacial score (nSPS) is 28.6. The molecule has 290 valence electrons. The number of ether oxygens (including phenoxy) is 3. The number of hydrogen-bond donors (Lipinski definition) is 3. The van der Waals surface area contributed by atoms with Gasteiger partial charge in [-0.15, -0.1) is 0 Å². The molecule has 4 saturated carbocycles. The molecule has 0 spiro atoms. The minimum atomic E-state index is -0.656. The number of methoxy groups -OCH3 is 1. The molecule has 6 rings (SSSR count). The van der Waals surface area contributed by atoms with Crippen LogP contribution in [0, 0.1) is 29.1 Å². The van der Waals surface area contributed by atoms with E-state index in [2.05, 4.69) is 36.7 Å². The number of alkyl carbamates (subject to hydrolysis) is 1. The number of carbonyl (C=O) groups excluding carboxylic acids is 3. The Balaban J connectivity index is 1.20. The number of hydrogen-bond acceptors (Lipinski definition) is 9. The number of para-hydroxylation sites is 1. The van der Waals surface area contributed by atoms with E-state index in [1.807, 2.05) is 53.7 Å². The van der Waals surface area contributed by atoms with Gasteiger partial charge in [-0.1, -0.05) is 26.0 Å². The van der Waals surface area contributed by atoms with Crippen LogP contribution in [0.3, 0.4) is 0 Å². The summed E-state index contributed by atoms with van der Waals surface area (Å²) in [6.45, 7) is 20.0. The first-order valence-corrected chi connectivity index (χ1v) is 19.5. The van der Waals surface area contributed by atoms with Crippen molar-refractivity contribution < 1.29 is 37.9 Å². The van der Waals surface area contributed by atoms with Crippen LogP contribution in [0.5, 0.6) is 5.75 Å². The molecule has 5 unspecified atom stereocenters. The van der Waals surface area contributed by atoms with Crippen LogP contribution in [0.15, 0.2) is 18.2 Å². The standard InChI is InChI=1S/C40H64BN3O8/c1-37(2,3)49-35(46)29-13-11-12-27(34(29)48-10)21-32(41-51-31-23-28-22-30(39(28,7)8)40(31,9)52-41)44-33(45)20-25-14-16-26(17-15-25)24-42-18-19-43-36(47)50-38(4,5)6/h11-13,25-26,28,30-32,42H,14-24H2,1-10H3,(H,43,47)(H,44,45). The lowest BCUT2D eigenvalue weighted by Crippen LogP contribution is -2.65. The Bertz CT molecular complexity index is 1430. The molecule has 1 aliphatic heterocycles. The maximum atomic E-state index is 13.8. The summed E-state index contributed by atoms with van der Waals surface area (Å²) in [7, 11) is 0.927.